The van der Waals surface area contributed by atoms with E-state index in [0.29, 0.717) is 13.2 Å². The third-order valence-corrected chi connectivity index (χ3v) is 4.58. The molecule has 0 bridgehead atoms. The van der Waals surface area contributed by atoms with Crippen molar-refractivity contribution in [3.05, 3.63) is 71.8 Å². The molecule has 23 heavy (non-hydrogen) atoms. The van der Waals surface area contributed by atoms with Gasteiger partial charge in [-0.2, -0.15) is 0 Å². The predicted octanol–water partition coefficient (Wildman–Crippen LogP) is 3.68. The lowest BCUT2D eigenvalue weighted by molar-refractivity contribution is -0.149. The summed E-state index contributed by atoms with van der Waals surface area (Å²) in [5, 5.41) is 3.52. The van der Waals surface area contributed by atoms with E-state index in [0.717, 1.165) is 6.42 Å². The summed E-state index contributed by atoms with van der Waals surface area (Å²) in [6, 6.07) is 21.0. The average molecular weight is 309 g/mol. The molecular weight excluding hydrogens is 286 g/mol. The van der Waals surface area contributed by atoms with Crippen LogP contribution in [0.25, 0.3) is 0 Å². The monoisotopic (exact) mass is 309 g/mol. The summed E-state index contributed by atoms with van der Waals surface area (Å²) in [7, 11) is 0. The highest BCUT2D eigenvalue weighted by Gasteiger charge is 2.37. The van der Waals surface area contributed by atoms with E-state index < -0.39 is 0 Å². The average Bonchev–Trinajstić information content (AvgIpc) is 2.63. The molecule has 0 aromatic heterocycles. The summed E-state index contributed by atoms with van der Waals surface area (Å²) in [4.78, 5) is 12.4. The summed E-state index contributed by atoms with van der Waals surface area (Å²) < 4.78 is 5.30. The van der Waals surface area contributed by atoms with E-state index in [9.17, 15) is 4.79 Å². The van der Waals surface area contributed by atoms with Gasteiger partial charge in [0.15, 0.2) is 0 Å². The van der Waals surface area contributed by atoms with Crippen molar-refractivity contribution in [1.82, 2.24) is 5.32 Å². The molecule has 3 rings (SSSR count). The summed E-state index contributed by atoms with van der Waals surface area (Å²) in [5.41, 5.74) is 2.49. The number of piperidine rings is 1. The number of hydrogen-bond donors (Lipinski definition) is 1. The minimum absolute atomic E-state index is 0.0969. The van der Waals surface area contributed by atoms with E-state index >= 15 is 0 Å². The summed E-state index contributed by atoms with van der Waals surface area (Å²) >= 11 is 0. The molecule has 3 heteroatoms. The molecule has 0 aliphatic carbocycles. The number of carbonyl (C=O) groups excluding carboxylic acids is 1. The van der Waals surface area contributed by atoms with Crippen molar-refractivity contribution in [3.63, 3.8) is 0 Å². The highest BCUT2D eigenvalue weighted by molar-refractivity contribution is 5.74. The van der Waals surface area contributed by atoms with Crippen molar-refractivity contribution in [2.24, 2.45) is 5.92 Å². The van der Waals surface area contributed by atoms with Crippen molar-refractivity contribution < 1.29 is 9.53 Å². The minimum atomic E-state index is -0.127. The Labute approximate surface area is 137 Å². The molecular formula is C20H23NO2. The van der Waals surface area contributed by atoms with Gasteiger partial charge >= 0.3 is 5.97 Å². The summed E-state index contributed by atoms with van der Waals surface area (Å²) in [6.45, 7) is 2.94. The van der Waals surface area contributed by atoms with Crippen LogP contribution in [0.15, 0.2) is 60.7 Å². The first-order valence-electron chi connectivity index (χ1n) is 8.29. The second-order valence-corrected chi connectivity index (χ2v) is 5.98. The molecule has 0 amide bonds. The lowest BCUT2D eigenvalue weighted by Gasteiger charge is -2.36. The Kier molecular flexibility index (Phi) is 5.09. The molecule has 1 N–H and O–H groups in total. The van der Waals surface area contributed by atoms with Crippen molar-refractivity contribution in [2.45, 2.75) is 25.3 Å². The number of hydrogen-bond acceptors (Lipinski definition) is 3. The van der Waals surface area contributed by atoms with Gasteiger partial charge < -0.3 is 10.1 Å². The second kappa shape index (κ2) is 7.42. The zero-order valence-corrected chi connectivity index (χ0v) is 13.4. The SMILES string of the molecule is CCOC(=O)[C@H]1CN[C@@H](c2ccccc2)C[C@@H]1c1ccccc1. The molecule has 1 saturated heterocycles. The Morgan fingerprint density at radius 1 is 1.04 bits per heavy atom. The molecule has 0 saturated carbocycles. The maximum atomic E-state index is 12.4. The number of nitrogens with one attached hydrogen (secondary N) is 1. The van der Waals surface area contributed by atoms with Gasteiger partial charge in [-0.25, -0.2) is 0 Å². The van der Waals surface area contributed by atoms with Crippen LogP contribution in [0.5, 0.6) is 0 Å². The Morgan fingerprint density at radius 3 is 2.26 bits per heavy atom. The normalized spacial score (nSPS) is 24.1. The Morgan fingerprint density at radius 2 is 1.65 bits per heavy atom. The fraction of sp³-hybridized carbons (Fsp3) is 0.350. The first-order valence-corrected chi connectivity index (χ1v) is 8.29. The standard InChI is InChI=1S/C20H23NO2/c1-2-23-20(22)18-14-21-19(16-11-7-4-8-12-16)13-17(18)15-9-5-3-6-10-15/h3-12,17-19,21H,2,13-14H2,1H3/t17-,18+,19-/m1/s1. The molecule has 0 spiro atoms. The number of ether oxygens (including phenoxy) is 1. The number of benzene rings is 2. The van der Waals surface area contributed by atoms with Crippen LogP contribution in [-0.2, 0) is 9.53 Å². The zero-order valence-electron chi connectivity index (χ0n) is 13.4. The molecule has 0 unspecified atom stereocenters. The lowest BCUT2D eigenvalue weighted by atomic mass is 9.77. The molecule has 1 heterocycles. The summed E-state index contributed by atoms with van der Waals surface area (Å²) in [6.07, 6.45) is 0.900. The van der Waals surface area contributed by atoms with Gasteiger partial charge in [-0.1, -0.05) is 60.7 Å². The van der Waals surface area contributed by atoms with E-state index in [2.05, 4.69) is 41.7 Å². The minimum Gasteiger partial charge on any atom is -0.466 e. The van der Waals surface area contributed by atoms with Crippen LogP contribution in [-0.4, -0.2) is 19.1 Å². The maximum Gasteiger partial charge on any atom is 0.310 e. The Bertz CT molecular complexity index is 627. The van der Waals surface area contributed by atoms with E-state index in [-0.39, 0.29) is 23.8 Å². The molecule has 1 fully saturated rings. The topological polar surface area (TPSA) is 38.3 Å². The predicted molar refractivity (Wildman–Crippen MR) is 91.1 cm³/mol. The van der Waals surface area contributed by atoms with Crippen LogP contribution in [0.4, 0.5) is 0 Å². The van der Waals surface area contributed by atoms with Crippen LogP contribution in [0.2, 0.25) is 0 Å². The van der Waals surface area contributed by atoms with E-state index in [1.807, 2.05) is 31.2 Å². The molecule has 120 valence electrons. The highest BCUT2D eigenvalue weighted by Crippen LogP contribution is 2.38. The van der Waals surface area contributed by atoms with E-state index in [1.165, 1.54) is 11.1 Å². The number of rotatable bonds is 4. The van der Waals surface area contributed by atoms with Crippen molar-refractivity contribution >= 4 is 5.97 Å². The summed E-state index contributed by atoms with van der Waals surface area (Å²) in [5.74, 6) is -0.0422. The van der Waals surface area contributed by atoms with Gasteiger partial charge in [0, 0.05) is 18.5 Å². The zero-order chi connectivity index (χ0) is 16.1. The van der Waals surface area contributed by atoms with E-state index in [1.54, 1.807) is 0 Å². The molecule has 1 aliphatic heterocycles. The van der Waals surface area contributed by atoms with E-state index in [4.69, 9.17) is 4.74 Å². The first-order chi connectivity index (χ1) is 11.3. The van der Waals surface area contributed by atoms with Crippen LogP contribution >= 0.6 is 0 Å². The fourth-order valence-electron chi connectivity index (χ4n) is 3.42. The van der Waals surface area contributed by atoms with Crippen LogP contribution < -0.4 is 5.32 Å². The molecule has 3 atom stereocenters. The van der Waals surface area contributed by atoms with Crippen molar-refractivity contribution in [1.29, 1.82) is 0 Å². The fourth-order valence-corrected chi connectivity index (χ4v) is 3.42. The first kappa shape index (κ1) is 15.8. The van der Waals surface area contributed by atoms with Gasteiger partial charge in [0.2, 0.25) is 0 Å². The quantitative estimate of drug-likeness (QED) is 0.876. The third kappa shape index (κ3) is 3.62. The van der Waals surface area contributed by atoms with Crippen molar-refractivity contribution in [2.75, 3.05) is 13.2 Å². The lowest BCUT2D eigenvalue weighted by Crippen LogP contribution is -2.42. The van der Waals surface area contributed by atoms with Gasteiger partial charge in [0.1, 0.15) is 0 Å². The largest absolute Gasteiger partial charge is 0.466 e. The van der Waals surface area contributed by atoms with Crippen LogP contribution in [0, 0.1) is 5.92 Å². The second-order valence-electron chi connectivity index (χ2n) is 5.98. The third-order valence-electron chi connectivity index (χ3n) is 4.58. The Balaban J connectivity index is 1.85. The smallest absolute Gasteiger partial charge is 0.310 e. The molecule has 3 nitrogen and oxygen atoms in total. The molecule has 2 aromatic rings. The van der Waals surface area contributed by atoms with Gasteiger partial charge in [0.05, 0.1) is 12.5 Å². The van der Waals surface area contributed by atoms with Gasteiger partial charge in [-0.3, -0.25) is 4.79 Å². The molecule has 1 aliphatic rings. The Hall–Kier alpha value is -2.13. The molecule has 0 radical (unpaired) electrons. The highest BCUT2D eigenvalue weighted by atomic mass is 16.5. The van der Waals surface area contributed by atoms with Gasteiger partial charge in [0.25, 0.3) is 0 Å². The number of carbonyl (C=O) groups is 1. The maximum absolute atomic E-state index is 12.4. The van der Waals surface area contributed by atoms with Gasteiger partial charge in [-0.15, -0.1) is 0 Å². The van der Waals surface area contributed by atoms with Gasteiger partial charge in [-0.05, 0) is 24.5 Å². The van der Waals surface area contributed by atoms with Crippen molar-refractivity contribution in [3.8, 4) is 0 Å². The number of esters is 1. The van der Waals surface area contributed by atoms with Crippen LogP contribution in [0.3, 0.4) is 0 Å². The van der Waals surface area contributed by atoms with Crippen LogP contribution in [0.1, 0.15) is 36.4 Å². The molecule has 2 aromatic carbocycles.